The number of aromatic nitrogens is 1. The molecule has 0 aliphatic rings. The van der Waals surface area contributed by atoms with Crippen LogP contribution in [0.1, 0.15) is 32.0 Å². The molecule has 0 unspecified atom stereocenters. The first-order chi connectivity index (χ1) is 12.7. The Morgan fingerprint density at radius 2 is 1.85 bits per heavy atom. The third kappa shape index (κ3) is 3.64. The number of methoxy groups -OCH3 is 1. The molecule has 0 saturated carbocycles. The van der Waals surface area contributed by atoms with Gasteiger partial charge >= 0.3 is 12.1 Å². The van der Waals surface area contributed by atoms with Crippen LogP contribution in [0.4, 0.5) is 18.9 Å². The second-order valence-electron chi connectivity index (χ2n) is 5.95. The lowest BCUT2D eigenvalue weighted by atomic mass is 10.1. The zero-order chi connectivity index (χ0) is 19.8. The molecule has 2 N–H and O–H groups in total. The fourth-order valence-electron chi connectivity index (χ4n) is 2.71. The molecule has 0 aliphatic heterocycles. The Balaban J connectivity index is 2.04. The van der Waals surface area contributed by atoms with Crippen LogP contribution in [0.5, 0.6) is 0 Å². The van der Waals surface area contributed by atoms with E-state index in [2.05, 4.69) is 10.3 Å². The van der Waals surface area contributed by atoms with Crippen LogP contribution in [0.3, 0.4) is 0 Å². The number of carbonyl (C=O) groups excluding carboxylic acids is 2. The molecule has 1 amide bonds. The summed E-state index contributed by atoms with van der Waals surface area (Å²) in [4.78, 5) is 27.4. The first kappa shape index (κ1) is 18.5. The average molecular weight is 376 g/mol. The summed E-state index contributed by atoms with van der Waals surface area (Å²) in [6, 6.07) is 9.36. The fourth-order valence-corrected chi connectivity index (χ4v) is 2.71. The number of fused-ring (bicyclic) bond motifs is 1. The van der Waals surface area contributed by atoms with E-state index in [0.29, 0.717) is 10.9 Å². The van der Waals surface area contributed by atoms with Gasteiger partial charge in [0.15, 0.2) is 0 Å². The van der Waals surface area contributed by atoms with E-state index in [1.54, 1.807) is 12.1 Å². The van der Waals surface area contributed by atoms with E-state index in [1.807, 2.05) is 13.0 Å². The molecule has 0 bridgehead atoms. The number of alkyl halides is 3. The number of hydrogen-bond donors (Lipinski definition) is 2. The molecule has 140 valence electrons. The van der Waals surface area contributed by atoms with Crippen molar-refractivity contribution in [2.24, 2.45) is 0 Å². The third-order valence-corrected chi connectivity index (χ3v) is 4.03. The van der Waals surface area contributed by atoms with Gasteiger partial charge < -0.3 is 15.0 Å². The lowest BCUT2D eigenvalue weighted by Crippen LogP contribution is -2.16. The van der Waals surface area contributed by atoms with Gasteiger partial charge in [0.05, 0.1) is 18.4 Å². The summed E-state index contributed by atoms with van der Waals surface area (Å²) in [7, 11) is 1.19. The minimum absolute atomic E-state index is 0.0124. The molecule has 8 heteroatoms. The van der Waals surface area contributed by atoms with Crippen LogP contribution < -0.4 is 5.32 Å². The van der Waals surface area contributed by atoms with E-state index < -0.39 is 23.6 Å². The molecular weight excluding hydrogens is 361 g/mol. The molecule has 3 rings (SSSR count). The lowest BCUT2D eigenvalue weighted by molar-refractivity contribution is -0.137. The molecule has 3 aromatic rings. The van der Waals surface area contributed by atoms with Crippen LogP contribution in [0.15, 0.2) is 42.5 Å². The summed E-state index contributed by atoms with van der Waals surface area (Å²) >= 11 is 0. The smallest absolute Gasteiger partial charge is 0.416 e. The number of ether oxygens (including phenoxy) is 1. The molecule has 0 atom stereocenters. The van der Waals surface area contributed by atoms with E-state index >= 15 is 0 Å². The van der Waals surface area contributed by atoms with Gasteiger partial charge in [-0.05, 0) is 37.3 Å². The van der Waals surface area contributed by atoms with Crippen molar-refractivity contribution in [3.8, 4) is 0 Å². The minimum atomic E-state index is -4.56. The number of amides is 1. The normalized spacial score (nSPS) is 11.4. The minimum Gasteiger partial charge on any atom is -0.464 e. The van der Waals surface area contributed by atoms with Gasteiger partial charge in [-0.2, -0.15) is 13.2 Å². The van der Waals surface area contributed by atoms with Crippen molar-refractivity contribution in [2.45, 2.75) is 13.1 Å². The van der Waals surface area contributed by atoms with E-state index in [0.717, 1.165) is 23.8 Å². The van der Waals surface area contributed by atoms with Crippen LogP contribution in [-0.2, 0) is 10.9 Å². The first-order valence-electron chi connectivity index (χ1n) is 7.90. The second kappa shape index (κ2) is 6.79. The summed E-state index contributed by atoms with van der Waals surface area (Å²) in [5.41, 5.74) is 0.523. The third-order valence-electron chi connectivity index (χ3n) is 4.03. The van der Waals surface area contributed by atoms with E-state index in [-0.39, 0.29) is 16.9 Å². The zero-order valence-corrected chi connectivity index (χ0v) is 14.4. The summed E-state index contributed by atoms with van der Waals surface area (Å²) in [6.45, 7) is 1.84. The number of aryl methyl sites for hydroxylation is 1. The monoisotopic (exact) mass is 376 g/mol. The summed E-state index contributed by atoms with van der Waals surface area (Å²) in [5, 5.41) is 3.08. The highest BCUT2D eigenvalue weighted by Crippen LogP contribution is 2.31. The van der Waals surface area contributed by atoms with Gasteiger partial charge in [-0.3, -0.25) is 4.79 Å². The van der Waals surface area contributed by atoms with Gasteiger partial charge in [0.25, 0.3) is 5.91 Å². The van der Waals surface area contributed by atoms with Gasteiger partial charge in [-0.1, -0.05) is 17.7 Å². The van der Waals surface area contributed by atoms with E-state index in [4.69, 9.17) is 4.74 Å². The predicted octanol–water partition coefficient (Wildman–Crippen LogP) is 4.53. The van der Waals surface area contributed by atoms with Gasteiger partial charge in [-0.15, -0.1) is 0 Å². The molecule has 0 spiro atoms. The van der Waals surface area contributed by atoms with Gasteiger partial charge in [0, 0.05) is 16.5 Å². The molecule has 0 aliphatic carbocycles. The fraction of sp³-hybridized carbons (Fsp3) is 0.158. The summed E-state index contributed by atoms with van der Waals surface area (Å²) < 4.78 is 43.4. The number of aromatic amines is 1. The molecule has 27 heavy (non-hydrogen) atoms. The number of rotatable bonds is 3. The highest BCUT2D eigenvalue weighted by atomic mass is 19.4. The van der Waals surface area contributed by atoms with Gasteiger partial charge in [0.1, 0.15) is 5.69 Å². The maximum atomic E-state index is 12.9. The standard InChI is InChI=1S/C19H15F3N2O3/c1-10-6-7-14-13(8-10)15(16(23-14)18(26)27-2)24-17(25)11-4-3-5-12(9-11)19(20,21)22/h3-9,23H,1-2H3,(H,24,25). The topological polar surface area (TPSA) is 71.2 Å². The molecule has 0 fully saturated rings. The molecule has 1 aromatic heterocycles. The molecule has 1 heterocycles. The number of anilines is 1. The number of nitrogens with one attached hydrogen (secondary N) is 2. The van der Waals surface area contributed by atoms with Crippen molar-refractivity contribution >= 4 is 28.5 Å². The van der Waals surface area contributed by atoms with Gasteiger partial charge in [-0.25, -0.2) is 4.79 Å². The number of H-pyrrole nitrogens is 1. The Morgan fingerprint density at radius 3 is 2.52 bits per heavy atom. The number of halogens is 3. The van der Waals surface area contributed by atoms with Crippen LogP contribution in [0.2, 0.25) is 0 Å². The molecule has 0 radical (unpaired) electrons. The van der Waals surface area contributed by atoms with Crippen LogP contribution in [-0.4, -0.2) is 24.0 Å². The number of esters is 1. The first-order valence-corrected chi connectivity index (χ1v) is 7.90. The number of benzene rings is 2. The second-order valence-corrected chi connectivity index (χ2v) is 5.95. The van der Waals surface area contributed by atoms with E-state index in [1.165, 1.54) is 13.2 Å². The average Bonchev–Trinajstić information content (AvgIpc) is 2.98. The van der Waals surface area contributed by atoms with Crippen LogP contribution in [0, 0.1) is 6.92 Å². The van der Waals surface area contributed by atoms with Crippen LogP contribution in [0.25, 0.3) is 10.9 Å². The zero-order valence-electron chi connectivity index (χ0n) is 14.4. The van der Waals surface area contributed by atoms with Crippen molar-refractivity contribution in [3.63, 3.8) is 0 Å². The Kier molecular flexibility index (Phi) is 4.65. The van der Waals surface area contributed by atoms with Crippen molar-refractivity contribution in [1.29, 1.82) is 0 Å². The maximum Gasteiger partial charge on any atom is 0.416 e. The number of carbonyl (C=O) groups is 2. The SMILES string of the molecule is COC(=O)c1[nH]c2ccc(C)cc2c1NC(=O)c1cccc(C(F)(F)F)c1. The highest BCUT2D eigenvalue weighted by Gasteiger charge is 2.31. The number of hydrogen-bond acceptors (Lipinski definition) is 3. The Bertz CT molecular complexity index is 1040. The summed E-state index contributed by atoms with van der Waals surface area (Å²) in [5.74, 6) is -1.48. The molecule has 5 nitrogen and oxygen atoms in total. The summed E-state index contributed by atoms with van der Waals surface area (Å²) in [6.07, 6.45) is -4.56. The van der Waals surface area contributed by atoms with Crippen LogP contribution >= 0.6 is 0 Å². The van der Waals surface area contributed by atoms with Crippen molar-refractivity contribution in [3.05, 3.63) is 64.8 Å². The largest absolute Gasteiger partial charge is 0.464 e. The highest BCUT2D eigenvalue weighted by molar-refractivity contribution is 6.14. The van der Waals surface area contributed by atoms with Crippen molar-refractivity contribution < 1.29 is 27.5 Å². The Morgan fingerprint density at radius 1 is 1.11 bits per heavy atom. The predicted molar refractivity (Wildman–Crippen MR) is 93.8 cm³/mol. The van der Waals surface area contributed by atoms with Crippen molar-refractivity contribution in [1.82, 2.24) is 4.98 Å². The van der Waals surface area contributed by atoms with Crippen molar-refractivity contribution in [2.75, 3.05) is 12.4 Å². The molecular formula is C19H15F3N2O3. The molecule has 0 saturated heterocycles. The quantitative estimate of drug-likeness (QED) is 0.660. The molecule has 2 aromatic carbocycles. The Hall–Kier alpha value is -3.29. The Labute approximate surface area is 152 Å². The lowest BCUT2D eigenvalue weighted by Gasteiger charge is -2.10. The van der Waals surface area contributed by atoms with E-state index in [9.17, 15) is 22.8 Å². The maximum absolute atomic E-state index is 12.9. The van der Waals surface area contributed by atoms with Gasteiger partial charge in [0.2, 0.25) is 0 Å².